The molecule has 8 nitrogen and oxygen atoms in total. The number of H-pyrrole nitrogens is 2. The molecule has 2 N–H and O–H groups in total. The van der Waals surface area contributed by atoms with E-state index in [9.17, 15) is 0 Å². The van der Waals surface area contributed by atoms with Crippen molar-refractivity contribution in [3.8, 4) is 23.0 Å². The summed E-state index contributed by atoms with van der Waals surface area (Å²) < 4.78 is 20.4. The van der Waals surface area contributed by atoms with E-state index in [1.54, 1.807) is 27.4 Å². The zero-order valence-corrected chi connectivity index (χ0v) is 22.9. The second kappa shape index (κ2) is 12.4. The van der Waals surface area contributed by atoms with Crippen LogP contribution >= 0.6 is 0 Å². The van der Waals surface area contributed by atoms with Gasteiger partial charge in [-0.2, -0.15) is 0 Å². The Bertz CT molecular complexity index is 1570. The molecule has 1 aromatic carbocycles. The topological polar surface area (TPSA) is 94.3 Å². The van der Waals surface area contributed by atoms with E-state index < -0.39 is 0 Å². The second-order valence-electron chi connectivity index (χ2n) is 8.36. The van der Waals surface area contributed by atoms with Gasteiger partial charge in [-0.3, -0.25) is 0 Å². The van der Waals surface area contributed by atoms with Crippen LogP contribution in [0.25, 0.3) is 46.4 Å². The van der Waals surface area contributed by atoms with Crippen molar-refractivity contribution in [2.75, 3.05) is 28.4 Å². The summed E-state index contributed by atoms with van der Waals surface area (Å²) in [4.78, 5) is 16.0. The van der Waals surface area contributed by atoms with E-state index in [0.717, 1.165) is 44.8 Å². The van der Waals surface area contributed by atoms with Crippen LogP contribution in [0.2, 0.25) is 0 Å². The summed E-state index contributed by atoms with van der Waals surface area (Å²) in [7, 11) is 6.17. The maximum atomic E-state index is 5.15. The van der Waals surface area contributed by atoms with Gasteiger partial charge in [0, 0.05) is 38.8 Å². The third-order valence-electron chi connectivity index (χ3n) is 5.84. The number of fused-ring (bicyclic) bond motifs is 8. The van der Waals surface area contributed by atoms with E-state index >= 15 is 0 Å². The van der Waals surface area contributed by atoms with Gasteiger partial charge in [0.1, 0.15) is 0 Å². The minimum atomic E-state index is 0. The molecule has 4 aromatic rings. The first-order valence-corrected chi connectivity index (χ1v) is 11.9. The Morgan fingerprint density at radius 3 is 1.46 bits per heavy atom. The van der Waals surface area contributed by atoms with Gasteiger partial charge in [-0.1, -0.05) is 0 Å². The molecular weight excluding hydrogens is 539 g/mol. The maximum absolute atomic E-state index is 5.15. The third kappa shape index (κ3) is 6.33. The number of methoxy groups -OCH3 is 4. The largest absolute Gasteiger partial charge is 0.550 e. The molecular formula is C30H27CoN4O4-. The van der Waals surface area contributed by atoms with Crippen molar-refractivity contribution in [2.24, 2.45) is 0 Å². The van der Waals surface area contributed by atoms with Crippen LogP contribution in [0.15, 0.2) is 54.6 Å². The molecule has 0 aliphatic carbocycles. The van der Waals surface area contributed by atoms with Gasteiger partial charge >= 0.3 is 0 Å². The van der Waals surface area contributed by atoms with Crippen LogP contribution in [-0.2, 0) is 16.8 Å². The van der Waals surface area contributed by atoms with Crippen LogP contribution in [0.5, 0.6) is 23.0 Å². The van der Waals surface area contributed by atoms with E-state index in [1.165, 1.54) is 7.11 Å². The summed E-state index contributed by atoms with van der Waals surface area (Å²) in [5.74, 6) is 2.04. The van der Waals surface area contributed by atoms with Crippen LogP contribution in [0, 0.1) is 6.07 Å². The molecule has 2 aliphatic heterocycles. The fourth-order valence-corrected chi connectivity index (χ4v) is 4.10. The number of ether oxygens (including phenoxy) is 4. The first-order valence-electron chi connectivity index (χ1n) is 11.9. The zero-order valence-electron chi connectivity index (χ0n) is 21.9. The van der Waals surface area contributed by atoms with E-state index in [0.29, 0.717) is 23.0 Å². The predicted molar refractivity (Wildman–Crippen MR) is 150 cm³/mol. The molecule has 0 unspecified atom stereocenters. The fraction of sp³-hybridized carbons (Fsp3) is 0.133. The smallest absolute Gasteiger partial charge is 0.0960 e. The van der Waals surface area contributed by atoms with Gasteiger partial charge < -0.3 is 28.9 Å². The summed E-state index contributed by atoms with van der Waals surface area (Å²) in [5.41, 5.74) is 7.86. The SMILES string of the molecule is C1=Cc2cc3ccc(cc4ccc(cc5nc(cc1n2)C=C5)[nH]4)[nH]3.COc1[c-]cc(OC)c(OC)c1OC.[Co]. The number of hydrogen-bond donors (Lipinski definition) is 2. The van der Waals surface area contributed by atoms with Crippen molar-refractivity contribution in [1.82, 2.24) is 19.9 Å². The van der Waals surface area contributed by atoms with Gasteiger partial charge in [0.2, 0.25) is 0 Å². The molecule has 0 spiro atoms. The molecule has 0 saturated carbocycles. The molecule has 2 aliphatic rings. The van der Waals surface area contributed by atoms with E-state index in [2.05, 4.69) is 56.3 Å². The average Bonchev–Trinajstić information content (AvgIpc) is 3.74. The number of aromatic amines is 2. The predicted octanol–water partition coefficient (Wildman–Crippen LogP) is 6.17. The number of aromatic nitrogens is 4. The summed E-state index contributed by atoms with van der Waals surface area (Å²) in [6.07, 6.45) is 8.05. The molecule has 0 amide bonds. The Balaban J connectivity index is 0.000000204. The normalized spacial score (nSPS) is 11.2. The maximum Gasteiger partial charge on any atom is 0.0960 e. The third-order valence-corrected chi connectivity index (χ3v) is 5.84. The van der Waals surface area contributed by atoms with E-state index in [1.807, 2.05) is 42.5 Å². The van der Waals surface area contributed by atoms with Gasteiger partial charge in [0.25, 0.3) is 0 Å². The van der Waals surface area contributed by atoms with Crippen LogP contribution in [0.1, 0.15) is 22.8 Å². The fourth-order valence-electron chi connectivity index (χ4n) is 4.10. The second-order valence-corrected chi connectivity index (χ2v) is 8.36. The molecule has 39 heavy (non-hydrogen) atoms. The minimum absolute atomic E-state index is 0. The van der Waals surface area contributed by atoms with Gasteiger partial charge in [0.05, 0.1) is 74.2 Å². The Morgan fingerprint density at radius 1 is 0.564 bits per heavy atom. The average molecular weight is 567 g/mol. The van der Waals surface area contributed by atoms with Crippen LogP contribution in [-0.4, -0.2) is 48.4 Å². The van der Waals surface area contributed by atoms with Crippen molar-refractivity contribution in [1.29, 1.82) is 0 Å². The monoisotopic (exact) mass is 566 g/mol. The summed E-state index contributed by atoms with van der Waals surface area (Å²) in [6.45, 7) is 0. The summed E-state index contributed by atoms with van der Waals surface area (Å²) >= 11 is 0. The first-order chi connectivity index (χ1) is 18.6. The molecule has 0 atom stereocenters. The van der Waals surface area contributed by atoms with Crippen molar-refractivity contribution >= 4 is 46.4 Å². The van der Waals surface area contributed by atoms with Crippen LogP contribution in [0.4, 0.5) is 0 Å². The van der Waals surface area contributed by atoms with Crippen LogP contribution in [0.3, 0.4) is 0 Å². The molecule has 201 valence electrons. The van der Waals surface area contributed by atoms with Gasteiger partial charge in [-0.05, 0) is 72.8 Å². The molecule has 8 bridgehead atoms. The molecule has 6 rings (SSSR count). The van der Waals surface area contributed by atoms with E-state index in [4.69, 9.17) is 18.9 Å². The summed E-state index contributed by atoms with van der Waals surface area (Å²) in [5, 5.41) is 0. The van der Waals surface area contributed by atoms with Gasteiger partial charge in [-0.15, -0.1) is 12.1 Å². The van der Waals surface area contributed by atoms with Crippen molar-refractivity contribution < 1.29 is 35.7 Å². The van der Waals surface area contributed by atoms with Gasteiger partial charge in [-0.25, -0.2) is 9.97 Å². The molecule has 0 saturated heterocycles. The molecule has 3 aromatic heterocycles. The Kier molecular flexibility index (Phi) is 8.75. The molecule has 0 fully saturated rings. The van der Waals surface area contributed by atoms with Crippen molar-refractivity contribution in [3.05, 3.63) is 83.4 Å². The standard InChI is InChI=1S/C20H14N4.C10H13O4.Co/c1-2-14-10-16-5-6-18(23-16)12-20-8-7-19(24-20)11-17-4-3-15(22-17)9-13(1)21-14;1-11-7-5-6-8(12-2)10(14-4)9(7)13-3;/h1-12,21-22H;5H,1-4H3;/q;-1;. The Hall–Kier alpha value is -4.47. The number of benzene rings is 1. The quantitative estimate of drug-likeness (QED) is 0.248. The number of nitrogens with one attached hydrogen (secondary N) is 2. The van der Waals surface area contributed by atoms with Crippen molar-refractivity contribution in [3.63, 3.8) is 0 Å². The Morgan fingerprint density at radius 2 is 1.03 bits per heavy atom. The first kappa shape index (κ1) is 27.6. The van der Waals surface area contributed by atoms with Gasteiger partial charge in [0.15, 0.2) is 0 Å². The summed E-state index contributed by atoms with van der Waals surface area (Å²) in [6, 6.07) is 20.9. The number of nitrogens with zero attached hydrogens (tertiary/aromatic N) is 2. The number of hydrogen-bond acceptors (Lipinski definition) is 6. The van der Waals surface area contributed by atoms with Crippen molar-refractivity contribution in [2.45, 2.75) is 0 Å². The van der Waals surface area contributed by atoms with E-state index in [-0.39, 0.29) is 16.8 Å². The zero-order chi connectivity index (χ0) is 26.5. The number of rotatable bonds is 4. The molecule has 5 heterocycles. The minimum Gasteiger partial charge on any atom is -0.550 e. The molecule has 9 heteroatoms. The van der Waals surface area contributed by atoms with Crippen LogP contribution < -0.4 is 18.9 Å². The molecule has 1 radical (unpaired) electrons. The Labute approximate surface area is 236 Å².